The molecule has 0 N–H and O–H groups in total. The first-order chi connectivity index (χ1) is 9.56. The van der Waals surface area contributed by atoms with E-state index in [0.29, 0.717) is 11.0 Å². The molecule has 0 aliphatic rings. The summed E-state index contributed by atoms with van der Waals surface area (Å²) in [6, 6.07) is 12.3. The number of benzene rings is 2. The molecule has 0 atom stereocenters. The fraction of sp³-hybridized carbons (Fsp3) is 0.176. The van der Waals surface area contributed by atoms with Crippen molar-refractivity contribution in [1.82, 2.24) is 9.97 Å². The van der Waals surface area contributed by atoms with E-state index >= 15 is 0 Å². The van der Waals surface area contributed by atoms with Gasteiger partial charge >= 0.3 is 0 Å². The fourth-order valence-electron chi connectivity index (χ4n) is 2.40. The summed E-state index contributed by atoms with van der Waals surface area (Å²) in [5.41, 5.74) is 5.37. The van der Waals surface area contributed by atoms with Crippen LogP contribution < -0.4 is 0 Å². The van der Waals surface area contributed by atoms with Gasteiger partial charge in [-0.2, -0.15) is 0 Å². The van der Waals surface area contributed by atoms with Crippen molar-refractivity contribution in [2.24, 2.45) is 0 Å². The SMILES string of the molecule is Cc1ccc(C)c(-c2nc(Cl)c3c(C)cccc3n2)c1. The minimum Gasteiger partial charge on any atom is -0.228 e. The number of hydrogen-bond acceptors (Lipinski definition) is 2. The summed E-state index contributed by atoms with van der Waals surface area (Å²) in [5, 5.41) is 1.45. The van der Waals surface area contributed by atoms with Crippen molar-refractivity contribution in [3.63, 3.8) is 0 Å². The highest BCUT2D eigenvalue weighted by atomic mass is 35.5. The average Bonchev–Trinajstić information content (AvgIpc) is 2.41. The van der Waals surface area contributed by atoms with Gasteiger partial charge in [-0.3, -0.25) is 0 Å². The first kappa shape index (κ1) is 13.1. The van der Waals surface area contributed by atoms with Gasteiger partial charge in [-0.15, -0.1) is 0 Å². The van der Waals surface area contributed by atoms with E-state index in [1.165, 1.54) is 5.56 Å². The van der Waals surface area contributed by atoms with Gasteiger partial charge in [0.15, 0.2) is 5.82 Å². The van der Waals surface area contributed by atoms with Crippen molar-refractivity contribution in [2.75, 3.05) is 0 Å². The van der Waals surface area contributed by atoms with E-state index in [-0.39, 0.29) is 0 Å². The van der Waals surface area contributed by atoms with Crippen LogP contribution in [0.3, 0.4) is 0 Å². The lowest BCUT2D eigenvalue weighted by Crippen LogP contribution is -1.95. The van der Waals surface area contributed by atoms with Crippen molar-refractivity contribution in [3.8, 4) is 11.4 Å². The van der Waals surface area contributed by atoms with E-state index in [9.17, 15) is 0 Å². The molecule has 0 spiro atoms. The molecule has 2 nitrogen and oxygen atoms in total. The molecule has 100 valence electrons. The van der Waals surface area contributed by atoms with Gasteiger partial charge in [-0.1, -0.05) is 41.4 Å². The third kappa shape index (κ3) is 2.16. The first-order valence-corrected chi connectivity index (χ1v) is 6.94. The maximum atomic E-state index is 6.36. The lowest BCUT2D eigenvalue weighted by molar-refractivity contribution is 1.20. The molecule has 0 saturated carbocycles. The highest BCUT2D eigenvalue weighted by Crippen LogP contribution is 2.28. The van der Waals surface area contributed by atoms with Gasteiger partial charge in [0.1, 0.15) is 5.15 Å². The van der Waals surface area contributed by atoms with Crippen LogP contribution in [0.5, 0.6) is 0 Å². The Balaban J connectivity index is 2.30. The Kier molecular flexibility index (Phi) is 3.19. The summed E-state index contributed by atoms with van der Waals surface area (Å²) in [6.45, 7) is 6.15. The lowest BCUT2D eigenvalue weighted by atomic mass is 10.0. The predicted molar refractivity (Wildman–Crippen MR) is 84.2 cm³/mol. The number of hydrogen-bond donors (Lipinski definition) is 0. The molecule has 3 aromatic rings. The molecule has 0 radical (unpaired) electrons. The van der Waals surface area contributed by atoms with Crippen LogP contribution in [0, 0.1) is 20.8 Å². The normalized spacial score (nSPS) is 11.0. The Labute approximate surface area is 123 Å². The molecule has 0 unspecified atom stereocenters. The zero-order chi connectivity index (χ0) is 14.3. The second-order valence-electron chi connectivity index (χ2n) is 5.13. The van der Waals surface area contributed by atoms with Crippen molar-refractivity contribution in [3.05, 3.63) is 58.2 Å². The van der Waals surface area contributed by atoms with Crippen molar-refractivity contribution >= 4 is 22.5 Å². The van der Waals surface area contributed by atoms with Gasteiger partial charge in [-0.05, 0) is 44.0 Å². The number of rotatable bonds is 1. The Morgan fingerprint density at radius 2 is 1.70 bits per heavy atom. The van der Waals surface area contributed by atoms with Gasteiger partial charge in [0, 0.05) is 10.9 Å². The minimum absolute atomic E-state index is 0.518. The zero-order valence-electron chi connectivity index (χ0n) is 11.7. The molecule has 3 rings (SSSR count). The van der Waals surface area contributed by atoms with Crippen LogP contribution >= 0.6 is 11.6 Å². The molecular weight excluding hydrogens is 268 g/mol. The Hall–Kier alpha value is -1.93. The summed E-state index contributed by atoms with van der Waals surface area (Å²) in [5.74, 6) is 0.689. The summed E-state index contributed by atoms with van der Waals surface area (Å²) in [4.78, 5) is 9.16. The molecule has 0 amide bonds. The highest BCUT2D eigenvalue weighted by Gasteiger charge is 2.11. The smallest absolute Gasteiger partial charge is 0.161 e. The van der Waals surface area contributed by atoms with E-state index in [0.717, 1.165) is 27.6 Å². The van der Waals surface area contributed by atoms with Gasteiger partial charge in [0.25, 0.3) is 0 Å². The highest BCUT2D eigenvalue weighted by molar-refractivity contribution is 6.34. The van der Waals surface area contributed by atoms with E-state index in [4.69, 9.17) is 11.6 Å². The number of nitrogens with zero attached hydrogens (tertiary/aromatic N) is 2. The fourth-order valence-corrected chi connectivity index (χ4v) is 2.72. The van der Waals surface area contributed by atoms with E-state index in [1.807, 2.05) is 25.1 Å². The monoisotopic (exact) mass is 282 g/mol. The van der Waals surface area contributed by atoms with E-state index in [2.05, 4.69) is 42.0 Å². The van der Waals surface area contributed by atoms with E-state index in [1.54, 1.807) is 0 Å². The van der Waals surface area contributed by atoms with Crippen LogP contribution in [0.2, 0.25) is 5.15 Å². The van der Waals surface area contributed by atoms with Gasteiger partial charge < -0.3 is 0 Å². The third-order valence-electron chi connectivity index (χ3n) is 3.52. The molecule has 0 bridgehead atoms. The van der Waals surface area contributed by atoms with Crippen molar-refractivity contribution < 1.29 is 0 Å². The van der Waals surface area contributed by atoms with Crippen LogP contribution in [-0.2, 0) is 0 Å². The molecule has 3 heteroatoms. The summed E-state index contributed by atoms with van der Waals surface area (Å²) < 4.78 is 0. The molecule has 20 heavy (non-hydrogen) atoms. The number of aromatic nitrogens is 2. The van der Waals surface area contributed by atoms with Gasteiger partial charge in [0.05, 0.1) is 5.52 Å². The van der Waals surface area contributed by atoms with Crippen LogP contribution in [-0.4, -0.2) is 9.97 Å². The molecule has 1 heterocycles. The molecular formula is C17H15ClN2. The van der Waals surface area contributed by atoms with Gasteiger partial charge in [-0.25, -0.2) is 9.97 Å². The summed E-state index contributed by atoms with van der Waals surface area (Å²) in [7, 11) is 0. The number of halogens is 1. The summed E-state index contributed by atoms with van der Waals surface area (Å²) in [6.07, 6.45) is 0. The second-order valence-corrected chi connectivity index (χ2v) is 5.48. The minimum atomic E-state index is 0.518. The van der Waals surface area contributed by atoms with E-state index < -0.39 is 0 Å². The Morgan fingerprint density at radius 3 is 2.50 bits per heavy atom. The van der Waals surface area contributed by atoms with Crippen LogP contribution in [0.1, 0.15) is 16.7 Å². The van der Waals surface area contributed by atoms with Crippen LogP contribution in [0.25, 0.3) is 22.3 Å². The van der Waals surface area contributed by atoms with Crippen molar-refractivity contribution in [1.29, 1.82) is 0 Å². The lowest BCUT2D eigenvalue weighted by Gasteiger charge is -2.09. The maximum absolute atomic E-state index is 6.36. The molecule has 1 aromatic heterocycles. The first-order valence-electron chi connectivity index (χ1n) is 6.57. The second kappa shape index (κ2) is 4.88. The third-order valence-corrected chi connectivity index (χ3v) is 3.79. The van der Waals surface area contributed by atoms with Crippen LogP contribution in [0.4, 0.5) is 0 Å². The molecule has 0 aliphatic carbocycles. The Bertz CT molecular complexity index is 809. The largest absolute Gasteiger partial charge is 0.228 e. The van der Waals surface area contributed by atoms with Crippen molar-refractivity contribution in [2.45, 2.75) is 20.8 Å². The van der Waals surface area contributed by atoms with Crippen LogP contribution in [0.15, 0.2) is 36.4 Å². The molecule has 0 aliphatic heterocycles. The predicted octanol–water partition coefficient (Wildman–Crippen LogP) is 4.88. The Morgan fingerprint density at radius 1 is 0.900 bits per heavy atom. The quantitative estimate of drug-likeness (QED) is 0.595. The molecule has 0 fully saturated rings. The maximum Gasteiger partial charge on any atom is 0.161 e. The number of aryl methyl sites for hydroxylation is 3. The zero-order valence-corrected chi connectivity index (χ0v) is 12.5. The number of fused-ring (bicyclic) bond motifs is 1. The summed E-state index contributed by atoms with van der Waals surface area (Å²) >= 11 is 6.36. The molecule has 2 aromatic carbocycles. The topological polar surface area (TPSA) is 25.8 Å². The standard InChI is InChI=1S/C17H15ClN2/c1-10-7-8-11(2)13(9-10)17-19-14-6-4-5-12(3)15(14)16(18)20-17/h4-9H,1-3H3. The molecule has 0 saturated heterocycles. The van der Waals surface area contributed by atoms with Gasteiger partial charge in [0.2, 0.25) is 0 Å². The average molecular weight is 283 g/mol.